The molecule has 1 N–H and O–H groups in total. The van der Waals surface area contributed by atoms with Gasteiger partial charge in [0.05, 0.1) is 0 Å². The van der Waals surface area contributed by atoms with E-state index in [1.807, 2.05) is 13.8 Å². The van der Waals surface area contributed by atoms with E-state index in [2.05, 4.69) is 25.3 Å². The minimum Gasteiger partial charge on any atom is -0.354 e. The fourth-order valence-corrected chi connectivity index (χ4v) is 2.37. The van der Waals surface area contributed by atoms with Crippen molar-refractivity contribution in [2.24, 2.45) is 0 Å². The fraction of sp³-hybridized carbons (Fsp3) is 0.500. The zero-order valence-electron chi connectivity index (χ0n) is 11.1. The van der Waals surface area contributed by atoms with E-state index in [1.165, 1.54) is 6.33 Å². The highest BCUT2D eigenvalue weighted by Crippen LogP contribution is 2.22. The molecule has 0 atom stereocenters. The zero-order chi connectivity index (χ0) is 13.4. The normalized spacial score (nSPS) is 16.5. The monoisotopic (exact) mass is 260 g/mol. The van der Waals surface area contributed by atoms with Gasteiger partial charge in [-0.15, -0.1) is 0 Å². The van der Waals surface area contributed by atoms with Crippen LogP contribution in [0.3, 0.4) is 0 Å². The smallest absolute Gasteiger partial charge is 0.254 e. The van der Waals surface area contributed by atoms with E-state index in [9.17, 15) is 4.79 Å². The molecular weight excluding hydrogens is 244 g/mol. The Morgan fingerprint density at radius 1 is 1.32 bits per heavy atom. The van der Waals surface area contributed by atoms with Crippen molar-refractivity contribution >= 4 is 17.5 Å². The van der Waals surface area contributed by atoms with Gasteiger partial charge in [0, 0.05) is 37.3 Å². The van der Waals surface area contributed by atoms with Gasteiger partial charge in [-0.05, 0) is 13.8 Å². The predicted octanol–water partition coefficient (Wildman–Crippen LogP) is 0.0674. The van der Waals surface area contributed by atoms with Crippen LogP contribution in [0.5, 0.6) is 0 Å². The van der Waals surface area contributed by atoms with Gasteiger partial charge in [-0.3, -0.25) is 4.79 Å². The molecule has 7 nitrogen and oxygen atoms in total. The molecule has 1 saturated heterocycles. The molecule has 0 radical (unpaired) electrons. The minimum atomic E-state index is 0.0979. The lowest BCUT2D eigenvalue weighted by Gasteiger charge is -2.24. The van der Waals surface area contributed by atoms with Crippen LogP contribution in [0.1, 0.15) is 17.7 Å². The number of hydrogen-bond donors (Lipinski definition) is 1. The quantitative estimate of drug-likeness (QED) is 0.785. The number of nitrogens with zero attached hydrogens (tertiary/aromatic N) is 5. The summed E-state index contributed by atoms with van der Waals surface area (Å²) in [7, 11) is 0. The molecular formula is C12H16N6O. The molecule has 0 bridgehead atoms. The van der Waals surface area contributed by atoms with Crippen LogP contribution in [0.15, 0.2) is 6.33 Å². The lowest BCUT2D eigenvalue weighted by molar-refractivity contribution is -0.120. The van der Waals surface area contributed by atoms with Crippen LogP contribution < -0.4 is 10.2 Å². The number of rotatable bonds is 1. The number of carbonyl (C=O) groups excluding carboxylic acids is 1. The summed E-state index contributed by atoms with van der Waals surface area (Å²) in [5.74, 6) is 1.68. The van der Waals surface area contributed by atoms with E-state index in [0.29, 0.717) is 25.3 Å². The Morgan fingerprint density at radius 2 is 2.16 bits per heavy atom. The fourth-order valence-electron chi connectivity index (χ4n) is 2.37. The third-order valence-corrected chi connectivity index (χ3v) is 3.49. The van der Waals surface area contributed by atoms with Crippen LogP contribution in [0, 0.1) is 13.8 Å². The molecule has 2 aromatic rings. The third kappa shape index (κ3) is 2.00. The molecule has 3 rings (SSSR count). The maximum Gasteiger partial charge on any atom is 0.254 e. The van der Waals surface area contributed by atoms with Crippen LogP contribution in [0.2, 0.25) is 0 Å². The molecule has 0 spiro atoms. The van der Waals surface area contributed by atoms with Gasteiger partial charge in [0.25, 0.3) is 5.78 Å². The predicted molar refractivity (Wildman–Crippen MR) is 70.1 cm³/mol. The molecule has 19 heavy (non-hydrogen) atoms. The summed E-state index contributed by atoms with van der Waals surface area (Å²) in [6.07, 6.45) is 2.00. The van der Waals surface area contributed by atoms with Gasteiger partial charge in [0.1, 0.15) is 12.1 Å². The first kappa shape index (κ1) is 11.9. The zero-order valence-corrected chi connectivity index (χ0v) is 11.1. The number of aryl methyl sites for hydroxylation is 1. The maximum absolute atomic E-state index is 11.4. The van der Waals surface area contributed by atoms with Crippen molar-refractivity contribution in [1.82, 2.24) is 24.9 Å². The van der Waals surface area contributed by atoms with E-state index < -0.39 is 0 Å². The van der Waals surface area contributed by atoms with Crippen LogP contribution in [-0.2, 0) is 4.79 Å². The van der Waals surface area contributed by atoms with E-state index in [4.69, 9.17) is 0 Å². The van der Waals surface area contributed by atoms with Gasteiger partial charge in [-0.1, -0.05) is 0 Å². The third-order valence-electron chi connectivity index (χ3n) is 3.49. The second-order valence-corrected chi connectivity index (χ2v) is 4.70. The first-order valence-electron chi connectivity index (χ1n) is 6.35. The summed E-state index contributed by atoms with van der Waals surface area (Å²) < 4.78 is 1.75. The van der Waals surface area contributed by atoms with Gasteiger partial charge in [0.2, 0.25) is 5.91 Å². The van der Waals surface area contributed by atoms with Crippen molar-refractivity contribution in [1.29, 1.82) is 0 Å². The molecule has 3 heterocycles. The number of amides is 1. The average molecular weight is 260 g/mol. The Labute approximate surface area is 110 Å². The molecule has 1 aliphatic heterocycles. The highest BCUT2D eigenvalue weighted by atomic mass is 16.1. The molecule has 0 saturated carbocycles. The lowest BCUT2D eigenvalue weighted by atomic mass is 10.2. The van der Waals surface area contributed by atoms with Crippen molar-refractivity contribution in [2.45, 2.75) is 20.3 Å². The Hall–Kier alpha value is -2.18. The van der Waals surface area contributed by atoms with E-state index in [1.54, 1.807) is 4.52 Å². The molecule has 0 aliphatic carbocycles. The van der Waals surface area contributed by atoms with Gasteiger partial charge < -0.3 is 10.2 Å². The van der Waals surface area contributed by atoms with Crippen molar-refractivity contribution in [3.8, 4) is 0 Å². The van der Waals surface area contributed by atoms with Gasteiger partial charge >= 0.3 is 0 Å². The molecule has 0 aromatic carbocycles. The van der Waals surface area contributed by atoms with Crippen LogP contribution >= 0.6 is 0 Å². The van der Waals surface area contributed by atoms with Crippen LogP contribution in [0.25, 0.3) is 5.78 Å². The van der Waals surface area contributed by atoms with Crippen LogP contribution in [-0.4, -0.2) is 45.1 Å². The number of fused-ring (bicyclic) bond motifs is 1. The molecule has 1 aliphatic rings. The summed E-state index contributed by atoms with van der Waals surface area (Å²) >= 11 is 0. The summed E-state index contributed by atoms with van der Waals surface area (Å²) in [6, 6.07) is 0. The number of anilines is 1. The van der Waals surface area contributed by atoms with Gasteiger partial charge in [-0.2, -0.15) is 14.6 Å². The Kier molecular flexibility index (Phi) is 2.81. The van der Waals surface area contributed by atoms with E-state index >= 15 is 0 Å². The highest BCUT2D eigenvalue weighted by molar-refractivity contribution is 5.77. The largest absolute Gasteiger partial charge is 0.354 e. The van der Waals surface area contributed by atoms with Gasteiger partial charge in [-0.25, -0.2) is 4.98 Å². The number of carbonyl (C=O) groups is 1. The van der Waals surface area contributed by atoms with Crippen molar-refractivity contribution in [2.75, 3.05) is 24.5 Å². The Balaban J connectivity index is 2.10. The van der Waals surface area contributed by atoms with Crippen molar-refractivity contribution in [3.05, 3.63) is 17.6 Å². The number of aromatic nitrogens is 4. The van der Waals surface area contributed by atoms with E-state index in [-0.39, 0.29) is 5.91 Å². The highest BCUT2D eigenvalue weighted by Gasteiger charge is 2.20. The number of hydrogen-bond acceptors (Lipinski definition) is 5. The lowest BCUT2D eigenvalue weighted by Crippen LogP contribution is -2.31. The van der Waals surface area contributed by atoms with Crippen molar-refractivity contribution in [3.63, 3.8) is 0 Å². The van der Waals surface area contributed by atoms with Crippen molar-refractivity contribution < 1.29 is 4.79 Å². The maximum atomic E-state index is 11.4. The summed E-state index contributed by atoms with van der Waals surface area (Å²) in [6.45, 7) is 6.10. The molecule has 0 unspecified atom stereocenters. The molecule has 1 amide bonds. The summed E-state index contributed by atoms with van der Waals surface area (Å²) in [5.41, 5.74) is 2.02. The Bertz CT molecular complexity index is 634. The van der Waals surface area contributed by atoms with Crippen LogP contribution in [0.4, 0.5) is 5.82 Å². The van der Waals surface area contributed by atoms with E-state index in [0.717, 1.165) is 23.6 Å². The summed E-state index contributed by atoms with van der Waals surface area (Å²) in [4.78, 5) is 22.2. The first-order valence-corrected chi connectivity index (χ1v) is 6.35. The topological polar surface area (TPSA) is 75.4 Å². The van der Waals surface area contributed by atoms with Gasteiger partial charge in [0.15, 0.2) is 0 Å². The molecule has 100 valence electrons. The average Bonchev–Trinajstić information content (AvgIpc) is 2.72. The standard InChI is InChI=1S/C12H16N6O/c1-8-9(2)16-12-14-7-15-18(12)11(8)17-5-3-10(19)13-4-6-17/h7H,3-6H2,1-2H3,(H,13,19). The SMILES string of the molecule is Cc1nc2ncnn2c(N2CCNC(=O)CC2)c1C. The summed E-state index contributed by atoms with van der Waals surface area (Å²) in [5, 5.41) is 7.12. The second kappa shape index (κ2) is 4.49. The second-order valence-electron chi connectivity index (χ2n) is 4.70. The number of nitrogens with one attached hydrogen (secondary N) is 1. The molecule has 2 aromatic heterocycles. The minimum absolute atomic E-state index is 0.0979. The molecule has 1 fully saturated rings. The first-order chi connectivity index (χ1) is 9.16. The molecule has 7 heteroatoms. The Morgan fingerprint density at radius 3 is 3.00 bits per heavy atom.